The molecule has 0 aliphatic rings. The molecule has 0 aliphatic carbocycles. The third kappa shape index (κ3) is 3.70. The Bertz CT molecular complexity index is 363. The van der Waals surface area contributed by atoms with Crippen LogP contribution in [0, 0.1) is 13.8 Å². The van der Waals surface area contributed by atoms with Gasteiger partial charge in [0.25, 0.3) is 0 Å². The predicted octanol–water partition coefficient (Wildman–Crippen LogP) is 4.01. The molecule has 1 aromatic carbocycles. The van der Waals surface area contributed by atoms with E-state index in [1.54, 1.807) is 12.1 Å². The second kappa shape index (κ2) is 5.08. The largest absolute Gasteiger partial charge is 0.492 e. The molecule has 0 saturated carbocycles. The quantitative estimate of drug-likeness (QED) is 0.766. The lowest BCUT2D eigenvalue weighted by Gasteiger charge is -2.15. The highest BCUT2D eigenvalue weighted by Crippen LogP contribution is 2.27. The van der Waals surface area contributed by atoms with Crippen molar-refractivity contribution in [3.05, 3.63) is 29.3 Å². The molecule has 90 valence electrons. The van der Waals surface area contributed by atoms with E-state index in [2.05, 4.69) is 15.9 Å². The van der Waals surface area contributed by atoms with Crippen LogP contribution in [0.1, 0.15) is 11.1 Å². The smallest absolute Gasteiger partial charge is 0.404 e. The van der Waals surface area contributed by atoms with E-state index in [0.717, 1.165) is 11.1 Å². The highest BCUT2D eigenvalue weighted by Gasteiger charge is 2.38. The van der Waals surface area contributed by atoms with Crippen molar-refractivity contribution in [1.82, 2.24) is 0 Å². The van der Waals surface area contributed by atoms with Gasteiger partial charge >= 0.3 is 6.18 Å². The van der Waals surface area contributed by atoms with Crippen LogP contribution in [0.3, 0.4) is 0 Å². The van der Waals surface area contributed by atoms with Crippen LogP contribution in [-0.4, -0.2) is 17.6 Å². The topological polar surface area (TPSA) is 9.23 Å². The highest BCUT2D eigenvalue weighted by atomic mass is 79.9. The van der Waals surface area contributed by atoms with Gasteiger partial charge in [0.15, 0.2) is 0 Å². The second-order valence-electron chi connectivity index (χ2n) is 3.57. The first kappa shape index (κ1) is 13.4. The molecule has 1 rings (SSSR count). The van der Waals surface area contributed by atoms with E-state index in [1.807, 2.05) is 19.9 Å². The molecule has 0 aliphatic heterocycles. The Hall–Kier alpha value is -0.710. The van der Waals surface area contributed by atoms with Gasteiger partial charge < -0.3 is 4.74 Å². The summed E-state index contributed by atoms with van der Waals surface area (Å²) in [6.45, 7) is 3.39. The summed E-state index contributed by atoms with van der Waals surface area (Å²) in [5.74, 6) is 0.455. The summed E-state index contributed by atoms with van der Waals surface area (Å²) in [6, 6.07) is 5.21. The van der Waals surface area contributed by atoms with Crippen molar-refractivity contribution in [2.75, 3.05) is 6.61 Å². The molecule has 0 bridgehead atoms. The minimum absolute atomic E-state index is 0.425. The lowest BCUT2D eigenvalue weighted by atomic mass is 10.1. The molecule has 1 atom stereocenters. The van der Waals surface area contributed by atoms with Crippen molar-refractivity contribution in [2.45, 2.75) is 24.9 Å². The molecule has 0 amide bonds. The Morgan fingerprint density at radius 1 is 1.25 bits per heavy atom. The monoisotopic (exact) mass is 296 g/mol. The van der Waals surface area contributed by atoms with Crippen molar-refractivity contribution in [2.24, 2.45) is 0 Å². The van der Waals surface area contributed by atoms with E-state index >= 15 is 0 Å². The van der Waals surface area contributed by atoms with Gasteiger partial charge in [-0.1, -0.05) is 22.0 Å². The third-order valence-electron chi connectivity index (χ3n) is 2.23. The molecule has 1 aromatic rings. The van der Waals surface area contributed by atoms with Gasteiger partial charge in [-0.15, -0.1) is 0 Å². The molecule has 0 N–H and O–H groups in total. The van der Waals surface area contributed by atoms with Crippen molar-refractivity contribution in [1.29, 1.82) is 0 Å². The average Bonchev–Trinajstić information content (AvgIpc) is 2.18. The summed E-state index contributed by atoms with van der Waals surface area (Å²) in [5.41, 5.74) is 2.08. The van der Waals surface area contributed by atoms with E-state index in [1.165, 1.54) is 0 Å². The number of alkyl halides is 4. The number of rotatable bonds is 3. The molecule has 1 unspecified atom stereocenters. The zero-order valence-corrected chi connectivity index (χ0v) is 10.5. The van der Waals surface area contributed by atoms with Crippen LogP contribution in [0.15, 0.2) is 18.2 Å². The summed E-state index contributed by atoms with van der Waals surface area (Å²) in [6.07, 6.45) is -4.28. The predicted molar refractivity (Wildman–Crippen MR) is 60.2 cm³/mol. The van der Waals surface area contributed by atoms with Crippen LogP contribution in [0.2, 0.25) is 0 Å². The van der Waals surface area contributed by atoms with Crippen molar-refractivity contribution < 1.29 is 17.9 Å². The van der Waals surface area contributed by atoms with Gasteiger partial charge in [-0.05, 0) is 37.1 Å². The zero-order chi connectivity index (χ0) is 12.3. The summed E-state index contributed by atoms with van der Waals surface area (Å²) < 4.78 is 41.6. The minimum atomic E-state index is -4.28. The molecule has 16 heavy (non-hydrogen) atoms. The van der Waals surface area contributed by atoms with Crippen LogP contribution < -0.4 is 4.74 Å². The van der Waals surface area contributed by atoms with E-state index in [0.29, 0.717) is 5.75 Å². The van der Waals surface area contributed by atoms with Gasteiger partial charge in [-0.3, -0.25) is 0 Å². The first-order chi connectivity index (χ1) is 7.30. The van der Waals surface area contributed by atoms with Crippen molar-refractivity contribution in [3.63, 3.8) is 0 Å². The van der Waals surface area contributed by atoms with Gasteiger partial charge in [0, 0.05) is 0 Å². The molecule has 0 heterocycles. The number of hydrogen-bond donors (Lipinski definition) is 0. The number of ether oxygens (including phenoxy) is 1. The molecule has 0 aromatic heterocycles. The van der Waals surface area contributed by atoms with Gasteiger partial charge in [-0.2, -0.15) is 13.2 Å². The first-order valence-corrected chi connectivity index (χ1v) is 5.63. The van der Waals surface area contributed by atoms with Crippen LogP contribution in [0.25, 0.3) is 0 Å². The van der Waals surface area contributed by atoms with E-state index < -0.39 is 17.6 Å². The average molecular weight is 297 g/mol. The van der Waals surface area contributed by atoms with Crippen molar-refractivity contribution >= 4 is 15.9 Å². The molecule has 0 spiro atoms. The minimum Gasteiger partial charge on any atom is -0.492 e. The number of hydrogen-bond acceptors (Lipinski definition) is 1. The molecule has 5 heteroatoms. The Morgan fingerprint density at radius 2 is 1.88 bits per heavy atom. The molecular weight excluding hydrogens is 285 g/mol. The molecule has 0 radical (unpaired) electrons. The Balaban J connectivity index is 2.58. The second-order valence-corrected chi connectivity index (χ2v) is 4.67. The summed E-state index contributed by atoms with van der Waals surface area (Å²) in [7, 11) is 0. The fourth-order valence-corrected chi connectivity index (χ4v) is 1.20. The standard InChI is InChI=1S/C11H12BrF3O/c1-7-3-4-9(5-8(7)2)16-6-10(12)11(13,14)15/h3-5,10H,6H2,1-2H3. The highest BCUT2D eigenvalue weighted by molar-refractivity contribution is 9.09. The Kier molecular flexibility index (Phi) is 4.24. The first-order valence-electron chi connectivity index (χ1n) is 4.71. The van der Waals surface area contributed by atoms with E-state index in [4.69, 9.17) is 4.74 Å². The lowest BCUT2D eigenvalue weighted by molar-refractivity contribution is -0.132. The van der Waals surface area contributed by atoms with E-state index in [9.17, 15) is 13.2 Å². The fourth-order valence-electron chi connectivity index (χ4n) is 1.07. The normalized spacial score (nSPS) is 13.6. The third-order valence-corrected chi connectivity index (χ3v) is 3.01. The summed E-state index contributed by atoms with van der Waals surface area (Å²) >= 11 is 2.54. The van der Waals surface area contributed by atoms with Gasteiger partial charge in [0.2, 0.25) is 0 Å². The maximum absolute atomic E-state index is 12.2. The Labute approximate surface area is 101 Å². The van der Waals surface area contributed by atoms with Gasteiger partial charge in [-0.25, -0.2) is 0 Å². The lowest BCUT2D eigenvalue weighted by Crippen LogP contribution is -2.28. The molecule has 0 fully saturated rings. The van der Waals surface area contributed by atoms with Gasteiger partial charge in [0.1, 0.15) is 17.2 Å². The summed E-state index contributed by atoms with van der Waals surface area (Å²) in [4.78, 5) is -1.64. The van der Waals surface area contributed by atoms with Crippen LogP contribution >= 0.6 is 15.9 Å². The SMILES string of the molecule is Cc1ccc(OCC(Br)C(F)(F)F)cc1C. The Morgan fingerprint density at radius 3 is 2.38 bits per heavy atom. The molecule has 1 nitrogen and oxygen atoms in total. The number of benzene rings is 1. The van der Waals surface area contributed by atoms with Crippen LogP contribution in [-0.2, 0) is 0 Å². The van der Waals surface area contributed by atoms with E-state index in [-0.39, 0.29) is 0 Å². The molecular formula is C11H12BrF3O. The van der Waals surface area contributed by atoms with Crippen LogP contribution in [0.4, 0.5) is 13.2 Å². The fraction of sp³-hybridized carbons (Fsp3) is 0.455. The summed E-state index contributed by atoms with van der Waals surface area (Å²) in [5, 5.41) is 0. The number of halogens is 4. The number of aryl methyl sites for hydroxylation is 2. The molecule has 0 saturated heterocycles. The maximum atomic E-state index is 12.2. The van der Waals surface area contributed by atoms with Crippen molar-refractivity contribution in [3.8, 4) is 5.75 Å². The zero-order valence-electron chi connectivity index (χ0n) is 8.94. The van der Waals surface area contributed by atoms with Gasteiger partial charge in [0.05, 0.1) is 0 Å². The maximum Gasteiger partial charge on any atom is 0.404 e. The van der Waals surface area contributed by atoms with Crippen LogP contribution in [0.5, 0.6) is 5.75 Å².